The molecule has 2 heterocycles. The summed E-state index contributed by atoms with van der Waals surface area (Å²) >= 11 is 6.13. The van der Waals surface area contributed by atoms with Crippen LogP contribution in [0.1, 0.15) is 19.3 Å². The van der Waals surface area contributed by atoms with Gasteiger partial charge in [-0.3, -0.25) is 4.79 Å². The van der Waals surface area contributed by atoms with E-state index >= 15 is 0 Å². The van der Waals surface area contributed by atoms with Gasteiger partial charge in [0.25, 0.3) is 5.91 Å². The van der Waals surface area contributed by atoms with Crippen LogP contribution in [-0.2, 0) is 16.1 Å². The quantitative estimate of drug-likeness (QED) is 0.869. The monoisotopic (exact) mass is 349 g/mol. The number of carbonyl (C=O) groups excluding carboxylic acids is 1. The second-order valence-corrected chi connectivity index (χ2v) is 6.22. The Kier molecular flexibility index (Phi) is 5.37. The summed E-state index contributed by atoms with van der Waals surface area (Å²) in [5.41, 5.74) is 5.89. The van der Waals surface area contributed by atoms with Crippen LogP contribution in [0.15, 0.2) is 30.6 Å². The van der Waals surface area contributed by atoms with Gasteiger partial charge in [-0.2, -0.15) is 0 Å². The van der Waals surface area contributed by atoms with E-state index in [9.17, 15) is 4.79 Å². The second-order valence-electron chi connectivity index (χ2n) is 5.79. The summed E-state index contributed by atoms with van der Waals surface area (Å²) in [7, 11) is 0. The number of halogens is 1. The zero-order chi connectivity index (χ0) is 16.9. The topological polar surface area (TPSA) is 79.4 Å². The largest absolute Gasteiger partial charge is 0.483 e. The molecule has 0 aliphatic carbocycles. The maximum atomic E-state index is 11.0. The van der Waals surface area contributed by atoms with Crippen LogP contribution in [0.5, 0.6) is 5.75 Å². The third kappa shape index (κ3) is 4.07. The molecule has 1 amide bonds. The first-order chi connectivity index (χ1) is 11.6. The van der Waals surface area contributed by atoms with E-state index in [2.05, 4.69) is 4.98 Å². The highest BCUT2D eigenvalue weighted by molar-refractivity contribution is 6.30. The Morgan fingerprint density at radius 3 is 3.08 bits per heavy atom. The fraction of sp³-hybridized carbons (Fsp3) is 0.412. The SMILES string of the molecule is NC(=O)COc1ccc(Cl)cc1-c1nccn1CC1CCCCO1. The standard InChI is InChI=1S/C17H20ClN3O3/c18-12-4-5-15(24-11-16(19)22)14(9-12)17-20-6-7-21(17)10-13-3-1-2-8-23-13/h4-7,9,13H,1-3,8,10-11H2,(H2,19,22). The van der Waals surface area contributed by atoms with Gasteiger partial charge in [-0.15, -0.1) is 0 Å². The van der Waals surface area contributed by atoms with Gasteiger partial charge in [0, 0.05) is 24.0 Å². The molecule has 1 aliphatic rings. The van der Waals surface area contributed by atoms with E-state index in [0.717, 1.165) is 37.4 Å². The number of ether oxygens (including phenoxy) is 2. The zero-order valence-electron chi connectivity index (χ0n) is 13.3. The highest BCUT2D eigenvalue weighted by atomic mass is 35.5. The molecule has 128 valence electrons. The summed E-state index contributed by atoms with van der Waals surface area (Å²) in [6.07, 6.45) is 7.16. The van der Waals surface area contributed by atoms with Gasteiger partial charge in [-0.1, -0.05) is 11.6 Å². The number of primary amides is 1. The molecule has 2 N–H and O–H groups in total. The number of benzene rings is 1. The average molecular weight is 350 g/mol. The lowest BCUT2D eigenvalue weighted by molar-refractivity contribution is -0.119. The number of carbonyl (C=O) groups is 1. The number of rotatable bonds is 6. The van der Waals surface area contributed by atoms with Crippen molar-refractivity contribution in [2.24, 2.45) is 5.73 Å². The van der Waals surface area contributed by atoms with Gasteiger partial charge in [0.15, 0.2) is 6.61 Å². The average Bonchev–Trinajstić information content (AvgIpc) is 3.02. The number of hydrogen-bond acceptors (Lipinski definition) is 4. The van der Waals surface area contributed by atoms with Crippen LogP contribution in [0.25, 0.3) is 11.4 Å². The molecule has 0 radical (unpaired) electrons. The normalized spacial score (nSPS) is 17.6. The van der Waals surface area contributed by atoms with Crippen LogP contribution in [0.4, 0.5) is 0 Å². The van der Waals surface area contributed by atoms with Crippen molar-refractivity contribution in [3.05, 3.63) is 35.6 Å². The molecule has 1 aliphatic heterocycles. The summed E-state index contributed by atoms with van der Waals surface area (Å²) < 4.78 is 13.3. The Morgan fingerprint density at radius 2 is 2.33 bits per heavy atom. The summed E-state index contributed by atoms with van der Waals surface area (Å²) in [5, 5.41) is 0.569. The van der Waals surface area contributed by atoms with Crippen LogP contribution in [0.2, 0.25) is 5.02 Å². The van der Waals surface area contributed by atoms with Crippen molar-refractivity contribution in [1.29, 1.82) is 0 Å². The Bertz CT molecular complexity index is 711. The molecule has 1 saturated heterocycles. The molecule has 1 aromatic heterocycles. The van der Waals surface area contributed by atoms with Crippen molar-refractivity contribution >= 4 is 17.5 Å². The Hall–Kier alpha value is -2.05. The summed E-state index contributed by atoms with van der Waals surface area (Å²) in [6.45, 7) is 1.33. The van der Waals surface area contributed by atoms with E-state index in [1.807, 2.05) is 10.8 Å². The molecular weight excluding hydrogens is 330 g/mol. The number of imidazole rings is 1. The molecule has 0 spiro atoms. The summed E-state index contributed by atoms with van der Waals surface area (Å²) in [6, 6.07) is 5.20. The number of amides is 1. The minimum Gasteiger partial charge on any atom is -0.483 e. The van der Waals surface area contributed by atoms with Crippen LogP contribution in [0, 0.1) is 0 Å². The molecule has 0 bridgehead atoms. The first kappa shape index (κ1) is 16.8. The third-order valence-electron chi connectivity index (χ3n) is 3.94. The number of nitrogens with two attached hydrogens (primary N) is 1. The van der Waals surface area contributed by atoms with E-state index in [-0.39, 0.29) is 12.7 Å². The summed E-state index contributed by atoms with van der Waals surface area (Å²) in [5.74, 6) is 0.719. The predicted molar refractivity (Wildman–Crippen MR) is 91.0 cm³/mol. The molecular formula is C17H20ClN3O3. The molecule has 3 rings (SSSR count). The highest BCUT2D eigenvalue weighted by Gasteiger charge is 2.18. The fourth-order valence-electron chi connectivity index (χ4n) is 2.82. The van der Waals surface area contributed by atoms with E-state index in [1.54, 1.807) is 24.4 Å². The minimum atomic E-state index is -0.533. The van der Waals surface area contributed by atoms with E-state index in [0.29, 0.717) is 10.8 Å². The third-order valence-corrected chi connectivity index (χ3v) is 4.18. The van der Waals surface area contributed by atoms with E-state index in [4.69, 9.17) is 26.8 Å². The Balaban J connectivity index is 1.86. The number of hydrogen-bond donors (Lipinski definition) is 1. The maximum absolute atomic E-state index is 11.0. The van der Waals surface area contributed by atoms with Crippen molar-refractivity contribution in [2.75, 3.05) is 13.2 Å². The van der Waals surface area contributed by atoms with Gasteiger partial charge in [0.05, 0.1) is 18.2 Å². The first-order valence-corrected chi connectivity index (χ1v) is 8.35. The molecule has 7 heteroatoms. The number of nitrogens with zero attached hydrogens (tertiary/aromatic N) is 2. The van der Waals surface area contributed by atoms with E-state index < -0.39 is 5.91 Å². The lowest BCUT2D eigenvalue weighted by Gasteiger charge is -2.23. The zero-order valence-corrected chi connectivity index (χ0v) is 14.0. The molecule has 2 aromatic rings. The molecule has 1 fully saturated rings. The van der Waals surface area contributed by atoms with Gasteiger partial charge in [0.1, 0.15) is 11.6 Å². The van der Waals surface area contributed by atoms with Gasteiger partial charge in [-0.05, 0) is 37.5 Å². The molecule has 24 heavy (non-hydrogen) atoms. The lowest BCUT2D eigenvalue weighted by Crippen LogP contribution is -2.24. The van der Waals surface area contributed by atoms with Crippen LogP contribution >= 0.6 is 11.6 Å². The molecule has 1 atom stereocenters. The second kappa shape index (κ2) is 7.68. The van der Waals surface area contributed by atoms with E-state index in [1.165, 1.54) is 6.42 Å². The van der Waals surface area contributed by atoms with Gasteiger partial charge in [0.2, 0.25) is 0 Å². The fourth-order valence-corrected chi connectivity index (χ4v) is 3.00. The van der Waals surface area contributed by atoms with Crippen LogP contribution in [0.3, 0.4) is 0 Å². The Morgan fingerprint density at radius 1 is 1.46 bits per heavy atom. The Labute approximate surface area is 145 Å². The molecule has 0 saturated carbocycles. The van der Waals surface area contributed by atoms with Gasteiger partial charge in [-0.25, -0.2) is 4.98 Å². The van der Waals surface area contributed by atoms with Crippen molar-refractivity contribution in [2.45, 2.75) is 31.9 Å². The van der Waals surface area contributed by atoms with Crippen molar-refractivity contribution in [3.8, 4) is 17.1 Å². The molecule has 6 nitrogen and oxygen atoms in total. The predicted octanol–water partition coefficient (Wildman–Crippen LogP) is 2.64. The first-order valence-electron chi connectivity index (χ1n) is 7.97. The van der Waals surface area contributed by atoms with Crippen molar-refractivity contribution in [3.63, 3.8) is 0 Å². The highest BCUT2D eigenvalue weighted by Crippen LogP contribution is 2.32. The number of aromatic nitrogens is 2. The van der Waals surface area contributed by atoms with Crippen molar-refractivity contribution in [1.82, 2.24) is 9.55 Å². The van der Waals surface area contributed by atoms with Crippen molar-refractivity contribution < 1.29 is 14.3 Å². The minimum absolute atomic E-state index is 0.181. The van der Waals surface area contributed by atoms with Gasteiger partial charge < -0.3 is 19.8 Å². The maximum Gasteiger partial charge on any atom is 0.255 e. The van der Waals surface area contributed by atoms with Crippen LogP contribution < -0.4 is 10.5 Å². The van der Waals surface area contributed by atoms with Gasteiger partial charge >= 0.3 is 0 Å². The molecule has 1 aromatic carbocycles. The summed E-state index contributed by atoms with van der Waals surface area (Å²) in [4.78, 5) is 15.4. The smallest absolute Gasteiger partial charge is 0.255 e. The molecule has 1 unspecified atom stereocenters. The lowest BCUT2D eigenvalue weighted by atomic mass is 10.1. The van der Waals surface area contributed by atoms with Crippen LogP contribution in [-0.4, -0.2) is 34.8 Å².